The molecule has 7 heteroatoms. The summed E-state index contributed by atoms with van der Waals surface area (Å²) in [6, 6.07) is 7.44. The number of halogens is 1. The van der Waals surface area contributed by atoms with E-state index in [2.05, 4.69) is 22.1 Å². The SMILES string of the molecule is Cc1nc(-c2ccc(C(=O)N3CCC(C)(CN)C3)cc2)n[nH]1.Cl. The molecule has 1 saturated heterocycles. The van der Waals surface area contributed by atoms with Crippen LogP contribution < -0.4 is 5.73 Å². The molecule has 0 saturated carbocycles. The van der Waals surface area contributed by atoms with Crippen LogP contribution in [0.3, 0.4) is 0 Å². The fourth-order valence-corrected chi connectivity index (χ4v) is 2.78. The average molecular weight is 336 g/mol. The highest BCUT2D eigenvalue weighted by atomic mass is 35.5. The van der Waals surface area contributed by atoms with Crippen LogP contribution in [0, 0.1) is 12.3 Å². The maximum Gasteiger partial charge on any atom is 0.253 e. The molecule has 3 rings (SSSR count). The first-order valence-corrected chi connectivity index (χ1v) is 7.49. The number of nitrogens with zero attached hydrogens (tertiary/aromatic N) is 3. The Bertz CT molecular complexity index is 684. The summed E-state index contributed by atoms with van der Waals surface area (Å²) in [5.74, 6) is 1.48. The Hall–Kier alpha value is -1.92. The van der Waals surface area contributed by atoms with Crippen LogP contribution in [0.25, 0.3) is 11.4 Å². The van der Waals surface area contributed by atoms with Crippen LogP contribution in [0.15, 0.2) is 24.3 Å². The number of aromatic amines is 1. The van der Waals surface area contributed by atoms with Crippen molar-refractivity contribution < 1.29 is 4.79 Å². The fraction of sp³-hybridized carbons (Fsp3) is 0.438. The van der Waals surface area contributed by atoms with Crippen LogP contribution in [-0.2, 0) is 0 Å². The number of carbonyl (C=O) groups is 1. The Kier molecular flexibility index (Phi) is 5.06. The Morgan fingerprint density at radius 3 is 2.61 bits per heavy atom. The van der Waals surface area contributed by atoms with Gasteiger partial charge in [-0.05, 0) is 37.4 Å². The minimum Gasteiger partial charge on any atom is -0.338 e. The first kappa shape index (κ1) is 17.4. The molecule has 1 atom stereocenters. The maximum atomic E-state index is 12.6. The lowest BCUT2D eigenvalue weighted by Crippen LogP contribution is -2.34. The zero-order valence-corrected chi connectivity index (χ0v) is 14.2. The zero-order valence-electron chi connectivity index (χ0n) is 13.4. The van der Waals surface area contributed by atoms with Crippen LogP contribution in [0.4, 0.5) is 0 Å². The minimum absolute atomic E-state index is 0. The Balaban J connectivity index is 0.00000192. The van der Waals surface area contributed by atoms with Crippen molar-refractivity contribution in [3.05, 3.63) is 35.7 Å². The van der Waals surface area contributed by atoms with E-state index in [1.807, 2.05) is 36.1 Å². The third kappa shape index (κ3) is 3.54. The molecule has 1 aromatic carbocycles. The minimum atomic E-state index is 0. The first-order valence-electron chi connectivity index (χ1n) is 7.49. The van der Waals surface area contributed by atoms with E-state index in [1.54, 1.807) is 0 Å². The predicted octanol–water partition coefficient (Wildman–Crippen LogP) is 2.01. The molecular formula is C16H22ClN5O. The quantitative estimate of drug-likeness (QED) is 0.898. The molecular weight excluding hydrogens is 314 g/mol. The number of benzene rings is 1. The van der Waals surface area contributed by atoms with Gasteiger partial charge in [0, 0.05) is 24.2 Å². The Morgan fingerprint density at radius 1 is 1.39 bits per heavy atom. The van der Waals surface area contributed by atoms with Gasteiger partial charge in [-0.15, -0.1) is 12.4 Å². The molecule has 3 N–H and O–H groups in total. The van der Waals surface area contributed by atoms with Crippen molar-refractivity contribution in [3.63, 3.8) is 0 Å². The molecule has 1 unspecified atom stereocenters. The second kappa shape index (κ2) is 6.68. The summed E-state index contributed by atoms with van der Waals surface area (Å²) in [5, 5.41) is 6.94. The topological polar surface area (TPSA) is 87.9 Å². The number of hydrogen-bond donors (Lipinski definition) is 2. The molecule has 6 nitrogen and oxygen atoms in total. The second-order valence-electron chi connectivity index (χ2n) is 6.31. The van der Waals surface area contributed by atoms with Gasteiger partial charge in [0.1, 0.15) is 5.82 Å². The highest BCUT2D eigenvalue weighted by Crippen LogP contribution is 2.29. The largest absolute Gasteiger partial charge is 0.338 e. The predicted molar refractivity (Wildman–Crippen MR) is 91.5 cm³/mol. The highest BCUT2D eigenvalue weighted by Gasteiger charge is 2.35. The summed E-state index contributed by atoms with van der Waals surface area (Å²) in [6.07, 6.45) is 0.962. The van der Waals surface area contributed by atoms with Crippen molar-refractivity contribution >= 4 is 18.3 Å². The van der Waals surface area contributed by atoms with Gasteiger partial charge in [0.05, 0.1) is 0 Å². The number of rotatable bonds is 3. The Morgan fingerprint density at radius 2 is 2.09 bits per heavy atom. The fourth-order valence-electron chi connectivity index (χ4n) is 2.78. The van der Waals surface area contributed by atoms with E-state index in [-0.39, 0.29) is 23.7 Å². The summed E-state index contributed by atoms with van der Waals surface area (Å²) in [4.78, 5) is 18.7. The van der Waals surface area contributed by atoms with Gasteiger partial charge in [0.15, 0.2) is 5.82 Å². The number of amides is 1. The van der Waals surface area contributed by atoms with Crippen molar-refractivity contribution in [2.45, 2.75) is 20.3 Å². The van der Waals surface area contributed by atoms with Gasteiger partial charge in [0.2, 0.25) is 0 Å². The maximum absolute atomic E-state index is 12.6. The number of aromatic nitrogens is 3. The summed E-state index contributed by atoms with van der Waals surface area (Å²) in [7, 11) is 0. The Labute approximate surface area is 141 Å². The highest BCUT2D eigenvalue weighted by molar-refractivity contribution is 5.94. The van der Waals surface area contributed by atoms with Gasteiger partial charge in [-0.1, -0.05) is 19.1 Å². The van der Waals surface area contributed by atoms with Gasteiger partial charge in [-0.2, -0.15) is 5.10 Å². The average Bonchev–Trinajstić information content (AvgIpc) is 3.14. The van der Waals surface area contributed by atoms with Gasteiger partial charge in [-0.3, -0.25) is 9.89 Å². The number of hydrogen-bond acceptors (Lipinski definition) is 4. The van der Waals surface area contributed by atoms with E-state index in [0.717, 1.165) is 30.9 Å². The smallest absolute Gasteiger partial charge is 0.253 e. The van der Waals surface area contributed by atoms with Crippen molar-refractivity contribution in [2.24, 2.45) is 11.1 Å². The molecule has 1 amide bonds. The summed E-state index contributed by atoms with van der Waals surface area (Å²) in [6.45, 7) is 6.10. The van der Waals surface area contributed by atoms with Gasteiger partial charge in [-0.25, -0.2) is 4.98 Å². The third-order valence-corrected chi connectivity index (χ3v) is 4.33. The van der Waals surface area contributed by atoms with Gasteiger partial charge < -0.3 is 10.6 Å². The molecule has 2 aromatic rings. The standard InChI is InChI=1S/C16H21N5O.ClH/c1-11-18-14(20-19-11)12-3-5-13(6-4-12)15(22)21-8-7-16(2,9-17)10-21;/h3-6H,7-10,17H2,1-2H3,(H,18,19,20);1H. The lowest BCUT2D eigenvalue weighted by atomic mass is 9.90. The molecule has 1 aliphatic rings. The molecule has 23 heavy (non-hydrogen) atoms. The molecule has 1 aliphatic heterocycles. The number of aryl methyl sites for hydroxylation is 1. The van der Waals surface area contributed by atoms with E-state index in [9.17, 15) is 4.79 Å². The normalized spacial score (nSPS) is 20.4. The number of likely N-dealkylation sites (tertiary alicyclic amines) is 1. The number of nitrogens with one attached hydrogen (secondary N) is 1. The van der Waals surface area contributed by atoms with Gasteiger partial charge in [0.25, 0.3) is 5.91 Å². The number of nitrogens with two attached hydrogens (primary N) is 1. The van der Waals surface area contributed by atoms with E-state index < -0.39 is 0 Å². The van der Waals surface area contributed by atoms with Crippen molar-refractivity contribution in [1.29, 1.82) is 0 Å². The van der Waals surface area contributed by atoms with Crippen LogP contribution in [0.5, 0.6) is 0 Å². The molecule has 124 valence electrons. The van der Waals surface area contributed by atoms with E-state index in [0.29, 0.717) is 17.9 Å². The lowest BCUT2D eigenvalue weighted by Gasteiger charge is -2.22. The van der Waals surface area contributed by atoms with Gasteiger partial charge >= 0.3 is 0 Å². The molecule has 2 heterocycles. The van der Waals surface area contributed by atoms with Crippen molar-refractivity contribution in [1.82, 2.24) is 20.1 Å². The third-order valence-electron chi connectivity index (χ3n) is 4.33. The van der Waals surface area contributed by atoms with Crippen LogP contribution in [-0.4, -0.2) is 45.6 Å². The molecule has 0 radical (unpaired) electrons. The van der Waals surface area contributed by atoms with Crippen LogP contribution >= 0.6 is 12.4 Å². The monoisotopic (exact) mass is 335 g/mol. The van der Waals surface area contributed by atoms with Crippen LogP contribution in [0.2, 0.25) is 0 Å². The van der Waals surface area contributed by atoms with E-state index in [4.69, 9.17) is 5.73 Å². The van der Waals surface area contributed by atoms with E-state index >= 15 is 0 Å². The zero-order chi connectivity index (χ0) is 15.7. The molecule has 0 spiro atoms. The van der Waals surface area contributed by atoms with Crippen LogP contribution in [0.1, 0.15) is 29.5 Å². The second-order valence-corrected chi connectivity index (χ2v) is 6.31. The summed E-state index contributed by atoms with van der Waals surface area (Å²) < 4.78 is 0. The van der Waals surface area contributed by atoms with Crippen molar-refractivity contribution in [3.8, 4) is 11.4 Å². The lowest BCUT2D eigenvalue weighted by molar-refractivity contribution is 0.0777. The number of carbonyl (C=O) groups excluding carboxylic acids is 1. The molecule has 1 fully saturated rings. The van der Waals surface area contributed by atoms with Crippen molar-refractivity contribution in [2.75, 3.05) is 19.6 Å². The number of H-pyrrole nitrogens is 1. The first-order chi connectivity index (χ1) is 10.5. The summed E-state index contributed by atoms with van der Waals surface area (Å²) >= 11 is 0. The molecule has 1 aromatic heterocycles. The molecule has 0 bridgehead atoms. The van der Waals surface area contributed by atoms with E-state index in [1.165, 1.54) is 0 Å². The summed E-state index contributed by atoms with van der Waals surface area (Å²) in [5.41, 5.74) is 7.44. The molecule has 0 aliphatic carbocycles.